The topological polar surface area (TPSA) is 33.1 Å². The van der Waals surface area contributed by atoms with E-state index >= 15 is 0 Å². The highest BCUT2D eigenvalue weighted by molar-refractivity contribution is 5.61. The fourth-order valence-electron chi connectivity index (χ4n) is 1.45. The second kappa shape index (κ2) is 3.89. The molecule has 1 aromatic carbocycles. The molecule has 1 heterocycles. The first-order valence-corrected chi connectivity index (χ1v) is 4.69. The van der Waals surface area contributed by atoms with E-state index in [-0.39, 0.29) is 17.0 Å². The summed E-state index contributed by atoms with van der Waals surface area (Å²) in [7, 11) is 0. The predicted octanol–water partition coefficient (Wildman–Crippen LogP) is 3.04. The van der Waals surface area contributed by atoms with Crippen molar-refractivity contribution < 1.29 is 13.9 Å². The van der Waals surface area contributed by atoms with E-state index in [0.717, 1.165) is 17.8 Å². The lowest BCUT2D eigenvalue weighted by molar-refractivity contribution is 0.465. The van der Waals surface area contributed by atoms with Gasteiger partial charge in [-0.3, -0.25) is 0 Å². The number of hydrogen-bond donors (Lipinski definition) is 1. The number of aryl methyl sites for hydroxylation is 1. The molecule has 0 aliphatic rings. The molecule has 2 nitrogen and oxygen atoms in total. The molecule has 0 saturated carbocycles. The highest BCUT2D eigenvalue weighted by atomic mass is 19.1. The largest absolute Gasteiger partial charge is 0.506 e. The molecule has 16 heavy (non-hydrogen) atoms. The Morgan fingerprint density at radius 3 is 2.56 bits per heavy atom. The van der Waals surface area contributed by atoms with Crippen LogP contribution in [-0.4, -0.2) is 10.1 Å². The fourth-order valence-corrected chi connectivity index (χ4v) is 1.45. The van der Waals surface area contributed by atoms with Crippen LogP contribution in [0.5, 0.6) is 5.75 Å². The Hall–Kier alpha value is -1.97. The second-order valence-electron chi connectivity index (χ2n) is 3.51. The molecule has 0 saturated heterocycles. The van der Waals surface area contributed by atoms with Gasteiger partial charge in [-0.1, -0.05) is 11.6 Å². The third-order valence-electron chi connectivity index (χ3n) is 2.20. The SMILES string of the molecule is Cc1ccc(F)c(-c2ncc(O)cc2F)c1. The summed E-state index contributed by atoms with van der Waals surface area (Å²) in [4.78, 5) is 3.68. The van der Waals surface area contributed by atoms with E-state index in [0.29, 0.717) is 0 Å². The molecule has 0 bridgehead atoms. The Morgan fingerprint density at radius 1 is 1.12 bits per heavy atom. The lowest BCUT2D eigenvalue weighted by Crippen LogP contribution is -1.92. The molecule has 0 radical (unpaired) electrons. The minimum Gasteiger partial charge on any atom is -0.506 e. The second-order valence-corrected chi connectivity index (χ2v) is 3.51. The first-order chi connectivity index (χ1) is 7.58. The van der Waals surface area contributed by atoms with Crippen LogP contribution in [0, 0.1) is 18.6 Å². The van der Waals surface area contributed by atoms with Crippen molar-refractivity contribution in [3.8, 4) is 17.0 Å². The van der Waals surface area contributed by atoms with Gasteiger partial charge >= 0.3 is 0 Å². The molecule has 0 aliphatic heterocycles. The molecule has 0 unspecified atom stereocenters. The molecule has 2 rings (SSSR count). The molecule has 1 aromatic heterocycles. The van der Waals surface area contributed by atoms with Crippen molar-refractivity contribution in [1.82, 2.24) is 4.98 Å². The van der Waals surface area contributed by atoms with Gasteiger partial charge in [0.2, 0.25) is 0 Å². The predicted molar refractivity (Wildman–Crippen MR) is 56.0 cm³/mol. The monoisotopic (exact) mass is 221 g/mol. The van der Waals surface area contributed by atoms with Gasteiger partial charge in [0, 0.05) is 11.6 Å². The number of pyridine rings is 1. The highest BCUT2D eigenvalue weighted by Gasteiger charge is 2.12. The molecule has 0 fully saturated rings. The number of hydrogen-bond acceptors (Lipinski definition) is 2. The number of rotatable bonds is 1. The van der Waals surface area contributed by atoms with Crippen molar-refractivity contribution in [1.29, 1.82) is 0 Å². The average molecular weight is 221 g/mol. The van der Waals surface area contributed by atoms with Gasteiger partial charge in [0.25, 0.3) is 0 Å². The van der Waals surface area contributed by atoms with Crippen LogP contribution < -0.4 is 0 Å². The van der Waals surface area contributed by atoms with Gasteiger partial charge in [0.05, 0.1) is 6.20 Å². The van der Waals surface area contributed by atoms with Crippen molar-refractivity contribution in [3.63, 3.8) is 0 Å². The molecule has 0 amide bonds. The van der Waals surface area contributed by atoms with E-state index in [4.69, 9.17) is 5.11 Å². The minimum atomic E-state index is -0.746. The normalized spacial score (nSPS) is 10.4. The maximum Gasteiger partial charge on any atom is 0.153 e. The fraction of sp³-hybridized carbons (Fsp3) is 0.0833. The van der Waals surface area contributed by atoms with Crippen LogP contribution >= 0.6 is 0 Å². The number of nitrogens with zero attached hydrogens (tertiary/aromatic N) is 1. The van der Waals surface area contributed by atoms with E-state index in [1.807, 2.05) is 0 Å². The molecular weight excluding hydrogens is 212 g/mol. The molecule has 82 valence electrons. The zero-order valence-corrected chi connectivity index (χ0v) is 8.54. The third-order valence-corrected chi connectivity index (χ3v) is 2.20. The summed E-state index contributed by atoms with van der Waals surface area (Å²) in [5, 5.41) is 9.01. The summed E-state index contributed by atoms with van der Waals surface area (Å²) in [6.45, 7) is 1.78. The van der Waals surface area contributed by atoms with Crippen LogP contribution in [0.4, 0.5) is 8.78 Å². The van der Waals surface area contributed by atoms with Crippen molar-refractivity contribution in [3.05, 3.63) is 47.7 Å². The van der Waals surface area contributed by atoms with E-state index in [1.165, 1.54) is 12.1 Å². The quantitative estimate of drug-likeness (QED) is 0.802. The number of aromatic hydroxyl groups is 1. The van der Waals surface area contributed by atoms with Crippen LogP contribution in [0.3, 0.4) is 0 Å². The Bertz CT molecular complexity index is 541. The lowest BCUT2D eigenvalue weighted by Gasteiger charge is -2.05. The van der Waals surface area contributed by atoms with Gasteiger partial charge in [0.1, 0.15) is 17.3 Å². The summed E-state index contributed by atoms with van der Waals surface area (Å²) < 4.78 is 26.9. The first kappa shape index (κ1) is 10.5. The Labute approximate surface area is 91.2 Å². The zero-order valence-electron chi connectivity index (χ0n) is 8.54. The third kappa shape index (κ3) is 1.86. The van der Waals surface area contributed by atoms with Crippen molar-refractivity contribution >= 4 is 0 Å². The van der Waals surface area contributed by atoms with Gasteiger partial charge in [-0.15, -0.1) is 0 Å². The van der Waals surface area contributed by atoms with Gasteiger partial charge in [0.15, 0.2) is 5.82 Å². The lowest BCUT2D eigenvalue weighted by atomic mass is 10.1. The standard InChI is InChI=1S/C12H9F2NO/c1-7-2-3-10(13)9(4-7)12-11(14)5-8(16)6-15-12/h2-6,16H,1H3. The molecule has 4 heteroatoms. The zero-order chi connectivity index (χ0) is 11.7. The summed E-state index contributed by atoms with van der Waals surface area (Å²) in [6.07, 6.45) is 1.08. The van der Waals surface area contributed by atoms with Crippen LogP contribution in [0.15, 0.2) is 30.5 Å². The van der Waals surface area contributed by atoms with Crippen LogP contribution in [-0.2, 0) is 0 Å². The van der Waals surface area contributed by atoms with Crippen molar-refractivity contribution in [2.75, 3.05) is 0 Å². The van der Waals surface area contributed by atoms with E-state index < -0.39 is 11.6 Å². The van der Waals surface area contributed by atoms with E-state index in [2.05, 4.69) is 4.98 Å². The van der Waals surface area contributed by atoms with Gasteiger partial charge in [-0.25, -0.2) is 13.8 Å². The van der Waals surface area contributed by atoms with Crippen molar-refractivity contribution in [2.45, 2.75) is 6.92 Å². The summed E-state index contributed by atoms with van der Waals surface area (Å²) in [5.74, 6) is -1.57. The van der Waals surface area contributed by atoms with Crippen molar-refractivity contribution in [2.24, 2.45) is 0 Å². The smallest absolute Gasteiger partial charge is 0.153 e. The maximum absolute atomic E-state index is 13.5. The van der Waals surface area contributed by atoms with Crippen LogP contribution in [0.25, 0.3) is 11.3 Å². The molecule has 2 aromatic rings. The van der Waals surface area contributed by atoms with E-state index in [9.17, 15) is 8.78 Å². The number of benzene rings is 1. The number of halogens is 2. The molecule has 1 N–H and O–H groups in total. The van der Waals surface area contributed by atoms with Gasteiger partial charge in [-0.05, 0) is 19.1 Å². The molecular formula is C12H9F2NO. The average Bonchev–Trinajstić information content (AvgIpc) is 2.22. The van der Waals surface area contributed by atoms with E-state index in [1.54, 1.807) is 13.0 Å². The van der Waals surface area contributed by atoms with Gasteiger partial charge < -0.3 is 5.11 Å². The molecule has 0 atom stereocenters. The Morgan fingerprint density at radius 2 is 1.88 bits per heavy atom. The minimum absolute atomic E-state index is 0.0949. The Kier molecular flexibility index (Phi) is 2.56. The summed E-state index contributed by atoms with van der Waals surface area (Å²) in [6, 6.07) is 5.28. The van der Waals surface area contributed by atoms with Gasteiger partial charge in [-0.2, -0.15) is 0 Å². The highest BCUT2D eigenvalue weighted by Crippen LogP contribution is 2.26. The van der Waals surface area contributed by atoms with Crippen LogP contribution in [0.2, 0.25) is 0 Å². The van der Waals surface area contributed by atoms with Crippen LogP contribution in [0.1, 0.15) is 5.56 Å². The molecule has 0 spiro atoms. The summed E-state index contributed by atoms with van der Waals surface area (Å²) >= 11 is 0. The maximum atomic E-state index is 13.5. The number of aromatic nitrogens is 1. The molecule has 0 aliphatic carbocycles. The summed E-state index contributed by atoms with van der Waals surface area (Å²) in [5.41, 5.74) is 0.808. The Balaban J connectivity index is 2.62. The first-order valence-electron chi connectivity index (χ1n) is 4.69.